The fourth-order valence-corrected chi connectivity index (χ4v) is 2.48. The molecule has 2 unspecified atom stereocenters. The Labute approximate surface area is 137 Å². The third-order valence-electron chi connectivity index (χ3n) is 3.86. The predicted molar refractivity (Wildman–Crippen MR) is 92.0 cm³/mol. The molecule has 0 heterocycles. The van der Waals surface area contributed by atoms with Crippen LogP contribution in [-0.4, -0.2) is 22.8 Å². The van der Waals surface area contributed by atoms with E-state index in [2.05, 4.69) is 5.32 Å². The average Bonchev–Trinajstić information content (AvgIpc) is 2.51. The first-order valence-corrected chi connectivity index (χ1v) is 8.05. The highest BCUT2D eigenvalue weighted by atomic mass is 16.6. The summed E-state index contributed by atoms with van der Waals surface area (Å²) in [6.45, 7) is 7.54. The Bertz CT molecular complexity index is 553. The summed E-state index contributed by atoms with van der Waals surface area (Å²) in [4.78, 5) is 23.2. The number of hydrogen-bond acceptors (Lipinski definition) is 4. The molecular weight excluding hydrogens is 292 g/mol. The Morgan fingerprint density at radius 3 is 2.35 bits per heavy atom. The SMILES string of the molecule is CCC(C/C(=C/C(=O)c1ccccc1)NC(C)C)C(C)[N+](=O)[O-]. The van der Waals surface area contributed by atoms with Gasteiger partial charge in [-0.15, -0.1) is 0 Å². The second-order valence-electron chi connectivity index (χ2n) is 6.10. The van der Waals surface area contributed by atoms with E-state index in [0.717, 1.165) is 5.70 Å². The van der Waals surface area contributed by atoms with Crippen LogP contribution < -0.4 is 5.32 Å². The third kappa shape index (κ3) is 6.22. The Hall–Kier alpha value is -2.17. The van der Waals surface area contributed by atoms with Crippen LogP contribution in [0.3, 0.4) is 0 Å². The van der Waals surface area contributed by atoms with Gasteiger partial charge >= 0.3 is 0 Å². The van der Waals surface area contributed by atoms with Crippen LogP contribution >= 0.6 is 0 Å². The van der Waals surface area contributed by atoms with Crippen LogP contribution in [-0.2, 0) is 0 Å². The van der Waals surface area contributed by atoms with E-state index in [9.17, 15) is 14.9 Å². The molecule has 0 fully saturated rings. The van der Waals surface area contributed by atoms with Gasteiger partial charge in [-0.05, 0) is 26.7 Å². The number of benzene rings is 1. The van der Waals surface area contributed by atoms with E-state index in [1.54, 1.807) is 25.1 Å². The fraction of sp³-hybridized carbons (Fsp3) is 0.500. The molecule has 1 N–H and O–H groups in total. The summed E-state index contributed by atoms with van der Waals surface area (Å²) >= 11 is 0. The molecule has 5 nitrogen and oxygen atoms in total. The van der Waals surface area contributed by atoms with E-state index in [0.29, 0.717) is 18.4 Å². The van der Waals surface area contributed by atoms with Crippen molar-refractivity contribution in [3.05, 3.63) is 57.8 Å². The summed E-state index contributed by atoms with van der Waals surface area (Å²) < 4.78 is 0. The number of hydrogen-bond donors (Lipinski definition) is 1. The number of nitrogens with zero attached hydrogens (tertiary/aromatic N) is 1. The van der Waals surface area contributed by atoms with E-state index in [1.807, 2.05) is 39.0 Å². The molecule has 0 bridgehead atoms. The van der Waals surface area contributed by atoms with Gasteiger partial charge in [0.25, 0.3) is 0 Å². The zero-order valence-electron chi connectivity index (χ0n) is 14.3. The highest BCUT2D eigenvalue weighted by Crippen LogP contribution is 2.20. The number of carbonyl (C=O) groups is 1. The van der Waals surface area contributed by atoms with Crippen molar-refractivity contribution in [1.29, 1.82) is 0 Å². The summed E-state index contributed by atoms with van der Waals surface area (Å²) in [5.41, 5.74) is 1.38. The van der Waals surface area contributed by atoms with Gasteiger partial charge in [-0.1, -0.05) is 37.3 Å². The van der Waals surface area contributed by atoms with Gasteiger partial charge in [-0.25, -0.2) is 0 Å². The maximum atomic E-state index is 12.4. The Balaban J connectivity index is 2.97. The molecule has 126 valence electrons. The largest absolute Gasteiger partial charge is 0.386 e. The quantitative estimate of drug-likeness (QED) is 0.325. The minimum absolute atomic E-state index is 0.0858. The standard InChI is InChI=1S/C18H26N2O3/c1-5-15(14(4)20(22)23)11-17(19-13(2)3)12-18(21)16-9-7-6-8-10-16/h6-10,12-15,19H,5,11H2,1-4H3/b17-12-. The molecule has 2 atom stereocenters. The van der Waals surface area contributed by atoms with Crippen molar-refractivity contribution in [1.82, 2.24) is 5.32 Å². The van der Waals surface area contributed by atoms with Crippen LogP contribution in [0, 0.1) is 16.0 Å². The Kier molecular flexibility index (Phi) is 7.45. The van der Waals surface area contributed by atoms with Gasteiger partial charge in [0.1, 0.15) is 0 Å². The van der Waals surface area contributed by atoms with Crippen LogP contribution in [0.2, 0.25) is 0 Å². The zero-order valence-corrected chi connectivity index (χ0v) is 14.3. The minimum Gasteiger partial charge on any atom is -0.386 e. The van der Waals surface area contributed by atoms with E-state index >= 15 is 0 Å². The lowest BCUT2D eigenvalue weighted by Gasteiger charge is -2.21. The molecule has 0 spiro atoms. The lowest BCUT2D eigenvalue weighted by atomic mass is 9.92. The molecule has 1 aromatic rings. The highest BCUT2D eigenvalue weighted by Gasteiger charge is 2.26. The maximum absolute atomic E-state index is 12.4. The van der Waals surface area contributed by atoms with E-state index < -0.39 is 6.04 Å². The van der Waals surface area contributed by atoms with Gasteiger partial charge in [0.15, 0.2) is 5.78 Å². The molecule has 23 heavy (non-hydrogen) atoms. The van der Waals surface area contributed by atoms with Crippen molar-refractivity contribution in [2.24, 2.45) is 5.92 Å². The molecule has 0 saturated carbocycles. The zero-order chi connectivity index (χ0) is 17.4. The summed E-state index contributed by atoms with van der Waals surface area (Å²) in [6.07, 6.45) is 2.76. The van der Waals surface area contributed by atoms with Crippen molar-refractivity contribution >= 4 is 5.78 Å². The number of rotatable bonds is 9. The summed E-state index contributed by atoms with van der Waals surface area (Å²) in [5, 5.41) is 14.3. The molecule has 5 heteroatoms. The van der Waals surface area contributed by atoms with Gasteiger partial charge in [-0.3, -0.25) is 14.9 Å². The van der Waals surface area contributed by atoms with Crippen LogP contribution in [0.1, 0.15) is 50.9 Å². The van der Waals surface area contributed by atoms with Crippen molar-refractivity contribution in [3.8, 4) is 0 Å². The smallest absolute Gasteiger partial charge is 0.213 e. The van der Waals surface area contributed by atoms with Crippen molar-refractivity contribution < 1.29 is 9.72 Å². The van der Waals surface area contributed by atoms with Gasteiger partial charge < -0.3 is 5.32 Å². The molecule has 0 aliphatic carbocycles. The molecule has 0 aromatic heterocycles. The molecule has 0 amide bonds. The average molecular weight is 318 g/mol. The third-order valence-corrected chi connectivity index (χ3v) is 3.86. The van der Waals surface area contributed by atoms with Crippen LogP contribution in [0.4, 0.5) is 0 Å². The topological polar surface area (TPSA) is 72.2 Å². The molecule has 0 aliphatic rings. The number of ketones is 1. The fourth-order valence-electron chi connectivity index (χ4n) is 2.48. The lowest BCUT2D eigenvalue weighted by Crippen LogP contribution is -2.30. The Morgan fingerprint density at radius 2 is 1.87 bits per heavy atom. The number of allylic oxidation sites excluding steroid dienone is 2. The molecule has 1 aromatic carbocycles. The van der Waals surface area contributed by atoms with Gasteiger partial charge in [-0.2, -0.15) is 0 Å². The monoisotopic (exact) mass is 318 g/mol. The minimum atomic E-state index is -0.635. The van der Waals surface area contributed by atoms with Crippen molar-refractivity contribution in [2.75, 3.05) is 0 Å². The van der Waals surface area contributed by atoms with E-state index in [-0.39, 0.29) is 22.7 Å². The van der Waals surface area contributed by atoms with Crippen LogP contribution in [0.25, 0.3) is 0 Å². The number of nitro groups is 1. The van der Waals surface area contributed by atoms with E-state index in [4.69, 9.17) is 0 Å². The summed E-state index contributed by atoms with van der Waals surface area (Å²) in [7, 11) is 0. The summed E-state index contributed by atoms with van der Waals surface area (Å²) in [6, 6.07) is 8.56. The normalized spacial score (nSPS) is 14.4. The van der Waals surface area contributed by atoms with Crippen molar-refractivity contribution in [3.63, 3.8) is 0 Å². The predicted octanol–water partition coefficient (Wildman–Crippen LogP) is 3.83. The molecule has 0 saturated heterocycles. The Morgan fingerprint density at radius 1 is 1.26 bits per heavy atom. The highest BCUT2D eigenvalue weighted by molar-refractivity contribution is 6.04. The van der Waals surface area contributed by atoms with Gasteiger partial charge in [0.2, 0.25) is 6.04 Å². The second kappa shape index (κ2) is 9.08. The first-order chi connectivity index (χ1) is 10.8. The molecular formula is C18H26N2O3. The van der Waals surface area contributed by atoms with Gasteiger partial charge in [0, 0.05) is 41.1 Å². The van der Waals surface area contributed by atoms with Crippen molar-refractivity contribution in [2.45, 2.75) is 52.6 Å². The number of carbonyl (C=O) groups excluding carboxylic acids is 1. The van der Waals surface area contributed by atoms with Gasteiger partial charge in [0.05, 0.1) is 0 Å². The summed E-state index contributed by atoms with van der Waals surface area (Å²) in [5.74, 6) is -0.191. The molecule has 0 aliphatic heterocycles. The number of nitrogens with one attached hydrogen (secondary N) is 1. The first-order valence-electron chi connectivity index (χ1n) is 8.05. The lowest BCUT2D eigenvalue weighted by molar-refractivity contribution is -0.527. The maximum Gasteiger partial charge on any atom is 0.213 e. The molecule has 0 radical (unpaired) electrons. The van der Waals surface area contributed by atoms with Crippen LogP contribution in [0.5, 0.6) is 0 Å². The first kappa shape index (κ1) is 18.9. The van der Waals surface area contributed by atoms with E-state index in [1.165, 1.54) is 0 Å². The van der Waals surface area contributed by atoms with Crippen LogP contribution in [0.15, 0.2) is 42.1 Å². The molecule has 1 rings (SSSR count). The second-order valence-corrected chi connectivity index (χ2v) is 6.10.